The van der Waals surface area contributed by atoms with Gasteiger partial charge in [-0.15, -0.1) is 10.2 Å². The first-order chi connectivity index (χ1) is 13.6. The highest BCUT2D eigenvalue weighted by molar-refractivity contribution is 7.99. The number of furan rings is 1. The van der Waals surface area contributed by atoms with Gasteiger partial charge in [-0.25, -0.2) is 0 Å². The lowest BCUT2D eigenvalue weighted by molar-refractivity contribution is -0.146. The number of nitrogens with zero attached hydrogens (tertiary/aromatic N) is 3. The Labute approximate surface area is 168 Å². The number of carbonyl (C=O) groups is 2. The molecule has 1 amide bonds. The largest absolute Gasteiger partial charge is 0.461 e. The van der Waals surface area contributed by atoms with Crippen molar-refractivity contribution in [1.82, 2.24) is 20.1 Å². The molecule has 28 heavy (non-hydrogen) atoms. The van der Waals surface area contributed by atoms with E-state index >= 15 is 0 Å². The molecule has 152 valence electrons. The third-order valence-corrected chi connectivity index (χ3v) is 5.86. The van der Waals surface area contributed by atoms with E-state index < -0.39 is 5.97 Å². The van der Waals surface area contributed by atoms with Gasteiger partial charge in [-0.05, 0) is 37.8 Å². The highest BCUT2D eigenvalue weighted by Gasteiger charge is 2.23. The zero-order valence-corrected chi connectivity index (χ0v) is 17.0. The SMILES string of the molecule is CCn1c(SCC(=O)OCC(=O)N[C@@H]2CCCC[C@H]2C)nnc1-c1ccco1. The number of thioether (sulfide) groups is 1. The molecule has 8 nitrogen and oxygen atoms in total. The summed E-state index contributed by atoms with van der Waals surface area (Å²) in [5.41, 5.74) is 0. The number of aromatic nitrogens is 3. The molecule has 2 aromatic rings. The summed E-state index contributed by atoms with van der Waals surface area (Å²) >= 11 is 1.23. The van der Waals surface area contributed by atoms with E-state index in [4.69, 9.17) is 9.15 Å². The van der Waals surface area contributed by atoms with Crippen molar-refractivity contribution in [2.45, 2.75) is 57.3 Å². The lowest BCUT2D eigenvalue weighted by Crippen LogP contribution is -2.43. The van der Waals surface area contributed by atoms with Crippen molar-refractivity contribution in [3.8, 4) is 11.6 Å². The third-order valence-electron chi connectivity index (χ3n) is 4.92. The molecule has 0 spiro atoms. The lowest BCUT2D eigenvalue weighted by atomic mass is 9.86. The maximum atomic E-state index is 12.0. The van der Waals surface area contributed by atoms with Crippen LogP contribution in [0, 0.1) is 5.92 Å². The quantitative estimate of drug-likeness (QED) is 0.531. The van der Waals surface area contributed by atoms with Gasteiger partial charge in [-0.1, -0.05) is 31.5 Å². The molecule has 1 fully saturated rings. The summed E-state index contributed by atoms with van der Waals surface area (Å²) in [6.45, 7) is 4.51. The molecule has 0 unspecified atom stereocenters. The fourth-order valence-corrected chi connectivity index (χ4v) is 4.16. The van der Waals surface area contributed by atoms with E-state index in [-0.39, 0.29) is 24.3 Å². The van der Waals surface area contributed by atoms with Gasteiger partial charge in [0.05, 0.1) is 12.0 Å². The van der Waals surface area contributed by atoms with Crippen LogP contribution in [0.3, 0.4) is 0 Å². The van der Waals surface area contributed by atoms with Crippen molar-refractivity contribution >= 4 is 23.6 Å². The molecule has 0 saturated heterocycles. The third kappa shape index (κ3) is 5.15. The van der Waals surface area contributed by atoms with Crippen molar-refractivity contribution in [2.24, 2.45) is 5.92 Å². The average molecular weight is 407 g/mol. The number of rotatable bonds is 8. The average Bonchev–Trinajstić information content (AvgIpc) is 3.35. The van der Waals surface area contributed by atoms with Crippen molar-refractivity contribution in [2.75, 3.05) is 12.4 Å². The Morgan fingerprint density at radius 2 is 2.18 bits per heavy atom. The summed E-state index contributed by atoms with van der Waals surface area (Å²) in [6, 6.07) is 3.77. The molecule has 2 aromatic heterocycles. The Morgan fingerprint density at radius 1 is 1.36 bits per heavy atom. The topological polar surface area (TPSA) is 99.2 Å². The Kier molecular flexibility index (Phi) is 7.13. The summed E-state index contributed by atoms with van der Waals surface area (Å²) in [6.07, 6.45) is 6.03. The lowest BCUT2D eigenvalue weighted by Gasteiger charge is -2.29. The van der Waals surface area contributed by atoms with Gasteiger partial charge < -0.3 is 14.5 Å². The molecule has 3 rings (SSSR count). The van der Waals surface area contributed by atoms with E-state index in [1.54, 1.807) is 12.3 Å². The number of nitrogens with one attached hydrogen (secondary N) is 1. The molecule has 2 atom stereocenters. The van der Waals surface area contributed by atoms with Gasteiger partial charge in [0.25, 0.3) is 5.91 Å². The summed E-state index contributed by atoms with van der Waals surface area (Å²) in [4.78, 5) is 24.1. The molecule has 0 aromatic carbocycles. The number of carbonyl (C=O) groups excluding carboxylic acids is 2. The highest BCUT2D eigenvalue weighted by Crippen LogP contribution is 2.25. The summed E-state index contributed by atoms with van der Waals surface area (Å²) in [7, 11) is 0. The fourth-order valence-electron chi connectivity index (χ4n) is 3.36. The second-order valence-corrected chi connectivity index (χ2v) is 7.86. The van der Waals surface area contributed by atoms with Crippen LogP contribution in [0.5, 0.6) is 0 Å². The zero-order valence-electron chi connectivity index (χ0n) is 16.2. The predicted molar refractivity (Wildman–Crippen MR) is 105 cm³/mol. The van der Waals surface area contributed by atoms with Crippen LogP contribution in [0.4, 0.5) is 0 Å². The van der Waals surface area contributed by atoms with E-state index in [1.807, 2.05) is 17.6 Å². The van der Waals surface area contributed by atoms with Crippen molar-refractivity contribution < 1.29 is 18.7 Å². The van der Waals surface area contributed by atoms with Crippen molar-refractivity contribution in [3.63, 3.8) is 0 Å². The first-order valence-electron chi connectivity index (χ1n) is 9.63. The van der Waals surface area contributed by atoms with Crippen LogP contribution in [0.1, 0.15) is 39.5 Å². The molecule has 0 aliphatic heterocycles. The van der Waals surface area contributed by atoms with Gasteiger partial charge in [0, 0.05) is 12.6 Å². The number of ether oxygens (including phenoxy) is 1. The number of hydrogen-bond acceptors (Lipinski definition) is 7. The monoisotopic (exact) mass is 406 g/mol. The Bertz CT molecular complexity index is 790. The minimum atomic E-state index is -0.456. The van der Waals surface area contributed by atoms with E-state index in [1.165, 1.54) is 18.2 Å². The molecule has 1 aliphatic rings. The van der Waals surface area contributed by atoms with Crippen LogP contribution < -0.4 is 5.32 Å². The Balaban J connectivity index is 1.45. The van der Waals surface area contributed by atoms with Gasteiger partial charge in [0.15, 0.2) is 23.3 Å². The molecule has 9 heteroatoms. The van der Waals surface area contributed by atoms with E-state index in [0.29, 0.717) is 29.2 Å². The molecule has 0 bridgehead atoms. The Morgan fingerprint density at radius 3 is 2.89 bits per heavy atom. The normalized spacial score (nSPS) is 19.4. The van der Waals surface area contributed by atoms with Gasteiger partial charge in [-0.2, -0.15) is 0 Å². The van der Waals surface area contributed by atoms with Gasteiger partial charge >= 0.3 is 5.97 Å². The maximum absolute atomic E-state index is 12.0. The summed E-state index contributed by atoms with van der Waals surface area (Å²) in [5.74, 6) is 1.06. The van der Waals surface area contributed by atoms with Gasteiger partial charge in [0.1, 0.15) is 0 Å². The predicted octanol–water partition coefficient (Wildman–Crippen LogP) is 2.89. The smallest absolute Gasteiger partial charge is 0.316 e. The molecular formula is C19H26N4O4S. The van der Waals surface area contributed by atoms with Crippen LogP contribution in [0.25, 0.3) is 11.6 Å². The van der Waals surface area contributed by atoms with Crippen LogP contribution in [-0.4, -0.2) is 45.0 Å². The van der Waals surface area contributed by atoms with E-state index in [2.05, 4.69) is 22.4 Å². The molecular weight excluding hydrogens is 380 g/mol. The molecule has 0 radical (unpaired) electrons. The van der Waals surface area contributed by atoms with Gasteiger partial charge in [-0.3, -0.25) is 14.2 Å². The number of hydrogen-bond donors (Lipinski definition) is 1. The van der Waals surface area contributed by atoms with Crippen LogP contribution in [0.2, 0.25) is 0 Å². The molecule has 2 heterocycles. The first kappa shape index (κ1) is 20.4. The van der Waals surface area contributed by atoms with Crippen LogP contribution in [0.15, 0.2) is 28.0 Å². The second-order valence-electron chi connectivity index (χ2n) is 6.91. The van der Waals surface area contributed by atoms with Crippen molar-refractivity contribution in [1.29, 1.82) is 0 Å². The fraction of sp³-hybridized carbons (Fsp3) is 0.579. The van der Waals surface area contributed by atoms with Crippen LogP contribution >= 0.6 is 11.8 Å². The van der Waals surface area contributed by atoms with Crippen molar-refractivity contribution in [3.05, 3.63) is 18.4 Å². The Hall–Kier alpha value is -2.29. The first-order valence-corrected chi connectivity index (χ1v) is 10.6. The number of amides is 1. The van der Waals surface area contributed by atoms with E-state index in [0.717, 1.165) is 19.3 Å². The molecule has 1 N–H and O–H groups in total. The molecule has 1 saturated carbocycles. The minimum absolute atomic E-state index is 0.0589. The second kappa shape index (κ2) is 9.77. The maximum Gasteiger partial charge on any atom is 0.316 e. The van der Waals surface area contributed by atoms with E-state index in [9.17, 15) is 9.59 Å². The minimum Gasteiger partial charge on any atom is -0.461 e. The van der Waals surface area contributed by atoms with Gasteiger partial charge in [0.2, 0.25) is 0 Å². The molecule has 1 aliphatic carbocycles. The van der Waals surface area contributed by atoms with Crippen LogP contribution in [-0.2, 0) is 20.9 Å². The zero-order chi connectivity index (χ0) is 19.9. The standard InChI is InChI=1S/C19H26N4O4S/c1-3-23-18(15-9-6-10-26-15)21-22-19(23)28-12-17(25)27-11-16(24)20-14-8-5-4-7-13(14)2/h6,9-10,13-14H,3-5,7-8,11-12H2,1-2H3,(H,20,24)/t13-,14-/m1/s1. The summed E-state index contributed by atoms with van der Waals surface area (Å²) in [5, 5.41) is 11.8. The number of esters is 1. The highest BCUT2D eigenvalue weighted by atomic mass is 32.2. The summed E-state index contributed by atoms with van der Waals surface area (Å²) < 4.78 is 12.3.